The van der Waals surface area contributed by atoms with Crippen LogP contribution in [-0.2, 0) is 6.42 Å². The number of unbranched alkanes of at least 4 members (excludes halogenated alkanes) is 3. The summed E-state index contributed by atoms with van der Waals surface area (Å²) >= 11 is 1.60. The summed E-state index contributed by atoms with van der Waals surface area (Å²) < 4.78 is 0. The average molecular weight is 420 g/mol. The molecule has 0 fully saturated rings. The highest BCUT2D eigenvalue weighted by atomic mass is 32.1. The number of nitrogens with zero attached hydrogens (tertiary/aromatic N) is 3. The molecule has 0 saturated carbocycles. The fourth-order valence-corrected chi connectivity index (χ4v) is 3.86. The number of rotatable bonds is 5. The van der Waals surface area contributed by atoms with Gasteiger partial charge in [0.1, 0.15) is 11.8 Å². The Kier molecular flexibility index (Phi) is 8.03. The Labute approximate surface area is 188 Å². The van der Waals surface area contributed by atoms with Crippen molar-refractivity contribution in [3.63, 3.8) is 0 Å². The lowest BCUT2D eigenvalue weighted by Crippen LogP contribution is -1.86. The lowest BCUT2D eigenvalue weighted by atomic mass is 10.1. The van der Waals surface area contributed by atoms with Crippen molar-refractivity contribution < 1.29 is 0 Å². The number of aryl methyl sites for hydroxylation is 1. The lowest BCUT2D eigenvalue weighted by molar-refractivity contribution is 0.667. The Balaban J connectivity index is 1.83. The minimum absolute atomic E-state index is 0.524. The van der Waals surface area contributed by atoms with Gasteiger partial charge in [0.25, 0.3) is 0 Å². The summed E-state index contributed by atoms with van der Waals surface area (Å²) in [5.41, 5.74) is 3.92. The second kappa shape index (κ2) is 11.4. The molecule has 31 heavy (non-hydrogen) atoms. The van der Waals surface area contributed by atoms with Crippen LogP contribution in [0.5, 0.6) is 0 Å². The molecule has 0 spiro atoms. The van der Waals surface area contributed by atoms with E-state index in [0.29, 0.717) is 16.8 Å². The number of aromatic nitrogens is 1. The Morgan fingerprint density at radius 2 is 1.55 bits per heavy atom. The molecule has 2 heterocycles. The first-order valence-corrected chi connectivity index (χ1v) is 11.1. The number of benzene rings is 1. The van der Waals surface area contributed by atoms with Gasteiger partial charge in [-0.05, 0) is 72.7 Å². The first-order valence-electron chi connectivity index (χ1n) is 10.2. The van der Waals surface area contributed by atoms with Gasteiger partial charge in [0.05, 0.1) is 27.0 Å². The second-order valence-corrected chi connectivity index (χ2v) is 8.06. The van der Waals surface area contributed by atoms with Gasteiger partial charge in [0.15, 0.2) is 0 Å². The maximum absolute atomic E-state index is 8.94. The van der Waals surface area contributed by atoms with Gasteiger partial charge in [-0.15, -0.1) is 11.3 Å². The quantitative estimate of drug-likeness (QED) is 0.387. The molecule has 3 aromatic rings. The topological polar surface area (TPSA) is 60.5 Å². The molecule has 0 aliphatic carbocycles. The lowest BCUT2D eigenvalue weighted by Gasteiger charge is -1.99. The van der Waals surface area contributed by atoms with E-state index in [1.165, 1.54) is 31.0 Å². The minimum atomic E-state index is 0.524. The molecule has 0 N–H and O–H groups in total. The van der Waals surface area contributed by atoms with Gasteiger partial charge >= 0.3 is 0 Å². The minimum Gasteiger partial charge on any atom is -0.246 e. The molecule has 0 atom stereocenters. The number of nitriles is 2. The van der Waals surface area contributed by atoms with Crippen LogP contribution < -0.4 is 0 Å². The maximum Gasteiger partial charge on any atom is 0.113 e. The third kappa shape index (κ3) is 6.59. The Morgan fingerprint density at radius 3 is 2.23 bits per heavy atom. The van der Waals surface area contributed by atoms with Crippen molar-refractivity contribution in [2.24, 2.45) is 0 Å². The molecule has 0 aliphatic rings. The smallest absolute Gasteiger partial charge is 0.113 e. The first kappa shape index (κ1) is 21.9. The predicted octanol–water partition coefficient (Wildman–Crippen LogP) is 5.81. The van der Waals surface area contributed by atoms with Gasteiger partial charge in [-0.3, -0.25) is 0 Å². The van der Waals surface area contributed by atoms with Crippen LogP contribution in [0.3, 0.4) is 0 Å². The molecule has 3 nitrogen and oxygen atoms in total. The van der Waals surface area contributed by atoms with Crippen LogP contribution in [0, 0.1) is 46.3 Å². The Hall–Kier alpha value is -3.83. The summed E-state index contributed by atoms with van der Waals surface area (Å²) in [5.74, 6) is 12.8. The molecular weight excluding hydrogens is 398 g/mol. The second-order valence-electron chi connectivity index (χ2n) is 7.01. The summed E-state index contributed by atoms with van der Waals surface area (Å²) in [6.07, 6.45) is 7.33. The molecule has 0 aliphatic heterocycles. The molecule has 0 radical (unpaired) electrons. The zero-order chi connectivity index (χ0) is 21.9. The van der Waals surface area contributed by atoms with Crippen LogP contribution in [0.25, 0.3) is 0 Å². The van der Waals surface area contributed by atoms with E-state index < -0.39 is 0 Å². The Bertz CT molecular complexity index is 1230. The van der Waals surface area contributed by atoms with Crippen molar-refractivity contribution in [3.8, 4) is 35.8 Å². The van der Waals surface area contributed by atoms with E-state index in [-0.39, 0.29) is 0 Å². The van der Waals surface area contributed by atoms with Gasteiger partial charge in [0.2, 0.25) is 0 Å². The van der Waals surface area contributed by atoms with Crippen molar-refractivity contribution in [2.45, 2.75) is 39.0 Å². The fourth-order valence-electron chi connectivity index (χ4n) is 2.94. The zero-order valence-corrected chi connectivity index (χ0v) is 18.2. The largest absolute Gasteiger partial charge is 0.246 e. The summed E-state index contributed by atoms with van der Waals surface area (Å²) in [4.78, 5) is 6.21. The predicted molar refractivity (Wildman–Crippen MR) is 124 cm³/mol. The van der Waals surface area contributed by atoms with Crippen molar-refractivity contribution in [3.05, 3.63) is 86.4 Å². The molecular formula is C27H21N3S. The SMILES string of the molecule is CCCCCCc1cc(C#Cc2ccc(C#N)cn2)sc1C#Cc1ccc(C#N)cc1. The highest BCUT2D eigenvalue weighted by molar-refractivity contribution is 7.13. The first-order chi connectivity index (χ1) is 15.2. The fraction of sp³-hybridized carbons (Fsp3) is 0.222. The van der Waals surface area contributed by atoms with Gasteiger partial charge in [0, 0.05) is 11.8 Å². The van der Waals surface area contributed by atoms with Gasteiger partial charge in [-0.1, -0.05) is 38.0 Å². The highest BCUT2D eigenvalue weighted by Gasteiger charge is 2.06. The van der Waals surface area contributed by atoms with Crippen molar-refractivity contribution in [2.75, 3.05) is 0 Å². The van der Waals surface area contributed by atoms with Crippen LogP contribution in [0.2, 0.25) is 0 Å². The standard InChI is InChI=1S/C27H21N3S/c1-2-3-4-5-6-24-17-26(15-14-25-13-11-23(19-29)20-30-25)31-27(24)16-12-21-7-9-22(18-28)10-8-21/h7-11,13,17,20H,2-6H2,1H3. The molecule has 150 valence electrons. The number of thiophene rings is 1. The van der Waals surface area contributed by atoms with Crippen LogP contribution in [0.15, 0.2) is 48.7 Å². The van der Waals surface area contributed by atoms with Gasteiger partial charge < -0.3 is 0 Å². The molecule has 2 aromatic heterocycles. The molecule has 0 saturated heterocycles. The van der Waals surface area contributed by atoms with E-state index in [9.17, 15) is 0 Å². The van der Waals surface area contributed by atoms with E-state index in [0.717, 1.165) is 28.2 Å². The van der Waals surface area contributed by atoms with Crippen LogP contribution in [0.1, 0.15) is 70.3 Å². The zero-order valence-electron chi connectivity index (χ0n) is 17.4. The molecule has 0 amide bonds. The van der Waals surface area contributed by atoms with Crippen LogP contribution >= 0.6 is 11.3 Å². The number of hydrogen-bond donors (Lipinski definition) is 0. The van der Waals surface area contributed by atoms with Gasteiger partial charge in [-0.2, -0.15) is 10.5 Å². The van der Waals surface area contributed by atoms with E-state index in [4.69, 9.17) is 10.5 Å². The third-order valence-corrected chi connectivity index (χ3v) is 5.66. The van der Waals surface area contributed by atoms with E-state index in [1.807, 2.05) is 12.1 Å². The van der Waals surface area contributed by atoms with Gasteiger partial charge in [-0.25, -0.2) is 4.98 Å². The van der Waals surface area contributed by atoms with Crippen LogP contribution in [-0.4, -0.2) is 4.98 Å². The van der Waals surface area contributed by atoms with Crippen molar-refractivity contribution >= 4 is 11.3 Å². The summed E-state index contributed by atoms with van der Waals surface area (Å²) in [6.45, 7) is 2.21. The molecule has 3 rings (SSSR count). The molecule has 0 bridgehead atoms. The molecule has 0 unspecified atom stereocenters. The maximum atomic E-state index is 8.94. The highest BCUT2D eigenvalue weighted by Crippen LogP contribution is 2.23. The van der Waals surface area contributed by atoms with E-state index in [1.54, 1.807) is 35.6 Å². The summed E-state index contributed by atoms with van der Waals surface area (Å²) in [6, 6.07) is 17.1. The van der Waals surface area contributed by atoms with E-state index in [2.05, 4.69) is 53.8 Å². The number of pyridine rings is 1. The molecule has 4 heteroatoms. The Morgan fingerprint density at radius 1 is 0.806 bits per heavy atom. The third-order valence-electron chi connectivity index (χ3n) is 4.65. The van der Waals surface area contributed by atoms with E-state index >= 15 is 0 Å². The van der Waals surface area contributed by atoms with Crippen molar-refractivity contribution in [1.82, 2.24) is 4.98 Å². The van der Waals surface area contributed by atoms with Crippen molar-refractivity contribution in [1.29, 1.82) is 10.5 Å². The summed E-state index contributed by atoms with van der Waals surface area (Å²) in [7, 11) is 0. The molecule has 1 aromatic carbocycles. The average Bonchev–Trinajstić information content (AvgIpc) is 3.21. The number of hydrogen-bond acceptors (Lipinski definition) is 4. The normalized spacial score (nSPS) is 9.52. The monoisotopic (exact) mass is 419 g/mol. The summed E-state index contributed by atoms with van der Waals surface area (Å²) in [5, 5.41) is 17.8. The van der Waals surface area contributed by atoms with Crippen LogP contribution in [0.4, 0.5) is 0 Å².